The van der Waals surface area contributed by atoms with Crippen molar-refractivity contribution in [2.24, 2.45) is 0 Å². The molecule has 1 N–H and O–H groups in total. The molecule has 0 bridgehead atoms. The Morgan fingerprint density at radius 3 is 2.60 bits per heavy atom. The molecule has 0 saturated carbocycles. The third kappa shape index (κ3) is 4.54. The van der Waals surface area contributed by atoms with Crippen LogP contribution in [0.25, 0.3) is 0 Å². The van der Waals surface area contributed by atoms with Crippen LogP contribution in [0.1, 0.15) is 12.5 Å². The third-order valence-electron chi connectivity index (χ3n) is 2.20. The summed E-state index contributed by atoms with van der Waals surface area (Å²) in [5.41, 5.74) is 1.31. The second-order valence-corrected chi connectivity index (χ2v) is 4.62. The summed E-state index contributed by atoms with van der Waals surface area (Å²) in [6.07, 6.45) is 1.98. The maximum Gasteiger partial charge on any atom is 0.0341 e. The second-order valence-electron chi connectivity index (χ2n) is 3.52. The van der Waals surface area contributed by atoms with Gasteiger partial charge in [-0.25, -0.2) is 0 Å². The topological polar surface area (TPSA) is 12.0 Å². The maximum absolute atomic E-state index is 3.83. The van der Waals surface area contributed by atoms with Crippen molar-refractivity contribution >= 4 is 11.8 Å². The zero-order chi connectivity index (χ0) is 11.1. The lowest BCUT2D eigenvalue weighted by atomic mass is 10.2. The molecule has 1 aromatic carbocycles. The Kier molecular flexibility index (Phi) is 5.51. The minimum atomic E-state index is 0.404. The molecule has 1 rings (SSSR count). The fourth-order valence-corrected chi connectivity index (χ4v) is 2.25. The van der Waals surface area contributed by atoms with Gasteiger partial charge in [-0.3, -0.25) is 0 Å². The first-order chi connectivity index (χ1) is 7.26. The molecule has 0 saturated heterocycles. The molecule has 1 aromatic rings. The van der Waals surface area contributed by atoms with Crippen LogP contribution in [0.2, 0.25) is 0 Å². The van der Waals surface area contributed by atoms with Gasteiger partial charge >= 0.3 is 0 Å². The van der Waals surface area contributed by atoms with Crippen LogP contribution in [0.5, 0.6) is 0 Å². The summed E-state index contributed by atoms with van der Waals surface area (Å²) in [6, 6.07) is 9.05. The fourth-order valence-electron chi connectivity index (χ4n) is 1.29. The van der Waals surface area contributed by atoms with Crippen molar-refractivity contribution in [1.29, 1.82) is 0 Å². The molecule has 1 nitrogen and oxygen atoms in total. The van der Waals surface area contributed by atoms with Crippen LogP contribution >= 0.6 is 11.8 Å². The van der Waals surface area contributed by atoms with E-state index in [0.29, 0.717) is 6.04 Å². The van der Waals surface area contributed by atoms with Gasteiger partial charge in [-0.1, -0.05) is 30.7 Å². The molecular weight excluding hydrogens is 202 g/mol. The lowest BCUT2D eigenvalue weighted by molar-refractivity contribution is 0.669. The summed E-state index contributed by atoms with van der Waals surface area (Å²) >= 11 is 1.87. The smallest absolute Gasteiger partial charge is 0.0341 e. The number of nitrogens with one attached hydrogen (secondary N) is 1. The quantitative estimate of drug-likeness (QED) is 0.584. The Hall–Kier alpha value is -0.730. The normalized spacial score (nSPS) is 12.4. The summed E-state index contributed by atoms with van der Waals surface area (Å²) in [4.78, 5) is 1.32. The zero-order valence-electron chi connectivity index (χ0n) is 9.49. The minimum absolute atomic E-state index is 0.404. The first-order valence-corrected chi connectivity index (χ1v) is 6.30. The minimum Gasteiger partial charge on any atom is -0.310 e. The van der Waals surface area contributed by atoms with Crippen molar-refractivity contribution in [3.8, 4) is 0 Å². The molecule has 0 aliphatic rings. The van der Waals surface area contributed by atoms with Gasteiger partial charge in [0.05, 0.1) is 0 Å². The lowest BCUT2D eigenvalue weighted by Gasteiger charge is -2.12. The van der Waals surface area contributed by atoms with E-state index in [4.69, 9.17) is 0 Å². The Labute approximate surface area is 97.0 Å². The van der Waals surface area contributed by atoms with Crippen molar-refractivity contribution in [2.75, 3.05) is 12.3 Å². The van der Waals surface area contributed by atoms with Crippen molar-refractivity contribution in [3.05, 3.63) is 42.5 Å². The van der Waals surface area contributed by atoms with Gasteiger partial charge < -0.3 is 5.32 Å². The molecule has 0 aliphatic heterocycles. The zero-order valence-corrected chi connectivity index (χ0v) is 10.3. The molecule has 0 radical (unpaired) electrons. The molecule has 2 heteroatoms. The van der Waals surface area contributed by atoms with E-state index < -0.39 is 0 Å². The average Bonchev–Trinajstić information content (AvgIpc) is 2.26. The Balaban J connectivity index is 2.41. The van der Waals surface area contributed by atoms with E-state index in [1.165, 1.54) is 10.5 Å². The van der Waals surface area contributed by atoms with Crippen LogP contribution in [0.15, 0.2) is 41.8 Å². The predicted octanol–water partition coefficient (Wildman–Crippen LogP) is 3.25. The van der Waals surface area contributed by atoms with Gasteiger partial charge in [-0.2, -0.15) is 0 Å². The summed E-state index contributed by atoms with van der Waals surface area (Å²) in [5.74, 6) is 1.04. The molecule has 15 heavy (non-hydrogen) atoms. The highest BCUT2D eigenvalue weighted by atomic mass is 32.2. The standard InChI is InChI=1S/C13H19NS/c1-4-12(14-5-2)10-15-13-8-6-11(3)7-9-13/h4,6-9,12,14H,1,5,10H2,2-3H3. The molecule has 0 heterocycles. The van der Waals surface area contributed by atoms with Crippen LogP contribution in [0.4, 0.5) is 0 Å². The summed E-state index contributed by atoms with van der Waals surface area (Å²) in [7, 11) is 0. The molecule has 82 valence electrons. The van der Waals surface area contributed by atoms with Crippen LogP contribution in [0.3, 0.4) is 0 Å². The molecule has 0 aliphatic carbocycles. The molecule has 0 amide bonds. The van der Waals surface area contributed by atoms with Gasteiger partial charge in [0.2, 0.25) is 0 Å². The highest BCUT2D eigenvalue weighted by Crippen LogP contribution is 2.19. The van der Waals surface area contributed by atoms with E-state index in [0.717, 1.165) is 12.3 Å². The van der Waals surface area contributed by atoms with Gasteiger partial charge in [-0.15, -0.1) is 18.3 Å². The highest BCUT2D eigenvalue weighted by molar-refractivity contribution is 7.99. The Bertz CT molecular complexity index is 292. The van der Waals surface area contributed by atoms with E-state index in [1.807, 2.05) is 17.8 Å². The second kappa shape index (κ2) is 6.70. The first-order valence-electron chi connectivity index (χ1n) is 5.31. The molecule has 1 unspecified atom stereocenters. The number of aryl methyl sites for hydroxylation is 1. The van der Waals surface area contributed by atoms with Crippen molar-refractivity contribution in [2.45, 2.75) is 24.8 Å². The fraction of sp³-hybridized carbons (Fsp3) is 0.385. The van der Waals surface area contributed by atoms with E-state index in [9.17, 15) is 0 Å². The van der Waals surface area contributed by atoms with Gasteiger partial charge in [0.25, 0.3) is 0 Å². The van der Waals surface area contributed by atoms with Crippen molar-refractivity contribution in [1.82, 2.24) is 5.32 Å². The van der Waals surface area contributed by atoms with Crippen molar-refractivity contribution in [3.63, 3.8) is 0 Å². The van der Waals surface area contributed by atoms with Gasteiger partial charge in [-0.05, 0) is 25.6 Å². The third-order valence-corrected chi connectivity index (χ3v) is 3.33. The SMILES string of the molecule is C=CC(CSc1ccc(C)cc1)NCC. The number of benzene rings is 1. The van der Waals surface area contributed by atoms with E-state index in [1.54, 1.807) is 0 Å². The maximum atomic E-state index is 3.83. The number of rotatable bonds is 6. The van der Waals surface area contributed by atoms with Gasteiger partial charge in [0.15, 0.2) is 0 Å². The van der Waals surface area contributed by atoms with E-state index >= 15 is 0 Å². The van der Waals surface area contributed by atoms with E-state index in [-0.39, 0.29) is 0 Å². The van der Waals surface area contributed by atoms with Crippen LogP contribution in [0, 0.1) is 6.92 Å². The molecule has 0 aromatic heterocycles. The number of hydrogen-bond donors (Lipinski definition) is 1. The van der Waals surface area contributed by atoms with E-state index in [2.05, 4.69) is 50.0 Å². The van der Waals surface area contributed by atoms with Gasteiger partial charge in [0.1, 0.15) is 0 Å². The molecule has 1 atom stereocenters. The number of thioether (sulfide) groups is 1. The lowest BCUT2D eigenvalue weighted by Crippen LogP contribution is -2.28. The van der Waals surface area contributed by atoms with Gasteiger partial charge in [0, 0.05) is 16.7 Å². The first kappa shape index (κ1) is 12.3. The number of likely N-dealkylation sites (N-methyl/N-ethyl adjacent to an activating group) is 1. The Morgan fingerprint density at radius 1 is 1.40 bits per heavy atom. The molecular formula is C13H19NS. The monoisotopic (exact) mass is 221 g/mol. The van der Waals surface area contributed by atoms with Crippen LogP contribution < -0.4 is 5.32 Å². The summed E-state index contributed by atoms with van der Waals surface area (Å²) in [6.45, 7) is 9.05. The van der Waals surface area contributed by atoms with Crippen LogP contribution in [-0.4, -0.2) is 18.3 Å². The summed E-state index contributed by atoms with van der Waals surface area (Å²) < 4.78 is 0. The predicted molar refractivity (Wildman–Crippen MR) is 69.6 cm³/mol. The number of hydrogen-bond acceptors (Lipinski definition) is 2. The molecule has 0 spiro atoms. The Morgan fingerprint density at radius 2 is 2.07 bits per heavy atom. The van der Waals surface area contributed by atoms with Crippen LogP contribution in [-0.2, 0) is 0 Å². The highest BCUT2D eigenvalue weighted by Gasteiger charge is 2.02. The summed E-state index contributed by atoms with van der Waals surface area (Å²) in [5, 5.41) is 3.38. The van der Waals surface area contributed by atoms with Crippen molar-refractivity contribution < 1.29 is 0 Å². The largest absolute Gasteiger partial charge is 0.310 e. The average molecular weight is 221 g/mol. The molecule has 0 fully saturated rings.